The molecule has 29 heteroatoms. The molecule has 3 aromatic rings. The van der Waals surface area contributed by atoms with Gasteiger partial charge in [-0.2, -0.15) is 13.2 Å². The van der Waals surface area contributed by atoms with Crippen molar-refractivity contribution >= 4 is 76.0 Å². The Bertz CT molecular complexity index is 2660. The summed E-state index contributed by atoms with van der Waals surface area (Å²) in [4.78, 5) is 135. The minimum absolute atomic E-state index is 0.0131. The number of aromatic nitrogens is 1. The molecule has 0 radical (unpaired) electrons. The highest BCUT2D eigenvalue weighted by Gasteiger charge is 2.36. The van der Waals surface area contributed by atoms with Gasteiger partial charge < -0.3 is 81.9 Å². The molecule has 4 rings (SSSR count). The summed E-state index contributed by atoms with van der Waals surface area (Å²) in [6.45, 7) is 0.845. The van der Waals surface area contributed by atoms with Crippen LogP contribution in [0.15, 0.2) is 64.7 Å². The maximum atomic E-state index is 14.6. The fourth-order valence-corrected chi connectivity index (χ4v) is 8.36. The third kappa shape index (κ3) is 20.6. The van der Waals surface area contributed by atoms with E-state index in [1.165, 1.54) is 6.07 Å². The average Bonchev–Trinajstić information content (AvgIpc) is 3.79. The molecule has 0 spiro atoms. The quantitative estimate of drug-likeness (QED) is 0.0344. The smallest absolute Gasteiger partial charge is 0.370 e. The van der Waals surface area contributed by atoms with Crippen LogP contribution in [0, 0.1) is 0 Å². The minimum atomic E-state index is -4.82. The predicted octanol–water partition coefficient (Wildman–Crippen LogP) is -2.98. The lowest BCUT2D eigenvalue weighted by atomic mass is 10.0. The fraction of sp³-hybridized carbons (Fsp3) is 0.490. The molecule has 1 unspecified atom stereocenters. The number of alkyl halides is 3. The van der Waals surface area contributed by atoms with Gasteiger partial charge in [-0.05, 0) is 81.2 Å². The number of aromatic amines is 1. The SMILES string of the molecule is CC(=O)N[C@@H](CCCN=C(N)N)C(=O)N[C@H]1CCC(=O)NCCC[C@@H](C(N)=O)NC(=O)C(Cc2c[nH]c3ccccc23)NC(=O)[C@H](CCCN=C(N)N)NC(=O)[C@@H](Cc2cccc(C(F)(F)F)c2)NC(=O)[C@H](CCN)NC1=O. The zero-order valence-electron chi connectivity index (χ0n) is 43.0. The molecule has 21 N–H and O–H groups in total. The summed E-state index contributed by atoms with van der Waals surface area (Å²) in [7, 11) is 0. The Kier molecular flexibility index (Phi) is 24.1. The van der Waals surface area contributed by atoms with E-state index in [4.69, 9.17) is 34.4 Å². The van der Waals surface area contributed by atoms with Crippen molar-refractivity contribution in [2.45, 2.75) is 126 Å². The Morgan fingerprint density at radius 1 is 0.731 bits per heavy atom. The highest BCUT2D eigenvalue weighted by molar-refractivity contribution is 5.98. The monoisotopic (exact) mass is 1100 g/mol. The van der Waals surface area contributed by atoms with Gasteiger partial charge in [0.25, 0.3) is 0 Å². The van der Waals surface area contributed by atoms with Crippen LogP contribution in [0.3, 0.4) is 0 Å². The molecule has 9 amide bonds. The van der Waals surface area contributed by atoms with E-state index in [1.54, 1.807) is 30.5 Å². The van der Waals surface area contributed by atoms with Crippen LogP contribution in [-0.4, -0.2) is 139 Å². The van der Waals surface area contributed by atoms with Crippen molar-refractivity contribution < 1.29 is 56.3 Å². The number of primary amides is 1. The molecule has 0 bridgehead atoms. The van der Waals surface area contributed by atoms with Gasteiger partial charge in [-0.15, -0.1) is 0 Å². The minimum Gasteiger partial charge on any atom is -0.370 e. The molecule has 1 fully saturated rings. The first-order valence-electron chi connectivity index (χ1n) is 25.1. The molecule has 7 atom stereocenters. The summed E-state index contributed by atoms with van der Waals surface area (Å²) in [6, 6.07) is 0.443. The largest absolute Gasteiger partial charge is 0.416 e. The maximum absolute atomic E-state index is 14.6. The van der Waals surface area contributed by atoms with Crippen LogP contribution in [0.5, 0.6) is 0 Å². The van der Waals surface area contributed by atoms with E-state index in [1.807, 2.05) is 0 Å². The van der Waals surface area contributed by atoms with E-state index >= 15 is 0 Å². The highest BCUT2D eigenvalue weighted by atomic mass is 19.4. The van der Waals surface area contributed by atoms with Crippen LogP contribution in [0.2, 0.25) is 0 Å². The number of rotatable bonds is 18. The van der Waals surface area contributed by atoms with Crippen molar-refractivity contribution in [1.82, 2.24) is 47.5 Å². The number of fused-ring (bicyclic) bond motifs is 1. The summed E-state index contributed by atoms with van der Waals surface area (Å²) < 4.78 is 42.0. The number of hydrogen-bond acceptors (Lipinski definition) is 12. The highest BCUT2D eigenvalue weighted by Crippen LogP contribution is 2.30. The molecule has 426 valence electrons. The van der Waals surface area contributed by atoms with E-state index in [0.29, 0.717) is 16.5 Å². The van der Waals surface area contributed by atoms with Crippen molar-refractivity contribution in [3.05, 3.63) is 71.4 Å². The Labute approximate surface area is 446 Å². The number of nitrogens with two attached hydrogens (primary N) is 6. The number of carbonyl (C=O) groups excluding carboxylic acids is 9. The normalized spacial score (nSPS) is 21.0. The van der Waals surface area contributed by atoms with E-state index in [2.05, 4.69) is 57.5 Å². The Morgan fingerprint density at radius 2 is 1.33 bits per heavy atom. The lowest BCUT2D eigenvalue weighted by molar-refractivity contribution is -0.137. The molecule has 1 aliphatic rings. The number of aliphatic imine (C=N–C) groups is 2. The van der Waals surface area contributed by atoms with Crippen LogP contribution in [0.25, 0.3) is 10.9 Å². The second kappa shape index (κ2) is 30.3. The molecular weight excluding hydrogens is 1030 g/mol. The van der Waals surface area contributed by atoms with Crippen LogP contribution in [0.4, 0.5) is 13.2 Å². The summed E-state index contributed by atoms with van der Waals surface area (Å²) >= 11 is 0. The third-order valence-electron chi connectivity index (χ3n) is 12.3. The number of nitrogens with zero attached hydrogens (tertiary/aromatic N) is 2. The van der Waals surface area contributed by atoms with Gasteiger partial charge in [0.2, 0.25) is 53.2 Å². The zero-order valence-corrected chi connectivity index (χ0v) is 43.0. The van der Waals surface area contributed by atoms with Crippen molar-refractivity contribution in [1.29, 1.82) is 0 Å². The molecule has 0 saturated carbocycles. The number of para-hydroxylation sites is 1. The van der Waals surface area contributed by atoms with Gasteiger partial charge in [0, 0.05) is 62.9 Å². The average molecular weight is 1100 g/mol. The number of halogens is 3. The number of H-pyrrole nitrogens is 1. The van der Waals surface area contributed by atoms with E-state index < -0.39 is 126 Å². The first-order valence-corrected chi connectivity index (χ1v) is 25.1. The number of benzene rings is 2. The van der Waals surface area contributed by atoms with Gasteiger partial charge >= 0.3 is 6.18 Å². The molecule has 0 aliphatic carbocycles. The van der Waals surface area contributed by atoms with Crippen LogP contribution >= 0.6 is 0 Å². The Morgan fingerprint density at radius 3 is 1.97 bits per heavy atom. The van der Waals surface area contributed by atoms with Crippen LogP contribution < -0.4 is 76.9 Å². The summed E-state index contributed by atoms with van der Waals surface area (Å²) in [6.07, 6.45) is -5.15. The van der Waals surface area contributed by atoms with Crippen molar-refractivity contribution in [2.24, 2.45) is 44.4 Å². The lowest BCUT2D eigenvalue weighted by Crippen LogP contribution is -2.60. The Balaban J connectivity index is 1.81. The standard InChI is InChI=1S/C49H70F3N17O9/c1-26(70)63-33(13-6-20-60-47(55)56)41(73)66-35-15-16-39(71)59-19-5-12-32(40(54)72)64-46(78)38(24-28-25-62-31-11-3-2-10-30(28)31)69-42(74)34(14-7-21-61-48(57)58)65-45(77)37(68-44(76)36(17-18-53)67-43(35)75)23-27-8-4-9-29(22-27)49(50,51)52/h2-4,8-11,22,25,32-38,62H,5-7,12-21,23-24,53H2,1H3,(H2,54,72)(H,59,71)(H,63,70)(H,64,78)(H,65,77)(H,66,73)(H,67,75)(H,68,76)(H,69,74)(H4,55,56,60)(H4,57,58,61)/t32-,33-,34-,35-,36-,37+,38?/m0/s1. The summed E-state index contributed by atoms with van der Waals surface area (Å²) in [5.41, 5.74) is 33.6. The number of guanidine groups is 2. The number of amides is 9. The first-order chi connectivity index (χ1) is 36.9. The molecule has 1 aromatic heterocycles. The molecule has 2 aromatic carbocycles. The predicted molar refractivity (Wildman–Crippen MR) is 281 cm³/mol. The fourth-order valence-electron chi connectivity index (χ4n) is 8.36. The second-order valence-corrected chi connectivity index (χ2v) is 18.5. The van der Waals surface area contributed by atoms with Crippen LogP contribution in [0.1, 0.15) is 81.4 Å². The molecular formula is C49H70F3N17O9. The molecule has 26 nitrogen and oxygen atoms in total. The van der Waals surface area contributed by atoms with E-state index in [-0.39, 0.29) is 95.0 Å². The first kappa shape index (κ1) is 62.0. The van der Waals surface area contributed by atoms with Gasteiger partial charge in [-0.1, -0.05) is 36.4 Å². The van der Waals surface area contributed by atoms with Crippen LogP contribution in [-0.2, 0) is 62.2 Å². The number of carbonyl (C=O) groups is 9. The van der Waals surface area contributed by atoms with Gasteiger partial charge in [-0.3, -0.25) is 53.1 Å². The molecule has 78 heavy (non-hydrogen) atoms. The molecule has 2 heterocycles. The summed E-state index contributed by atoms with van der Waals surface area (Å²) in [5, 5.41) is 21.1. The third-order valence-corrected chi connectivity index (χ3v) is 12.3. The van der Waals surface area contributed by atoms with E-state index in [9.17, 15) is 56.3 Å². The lowest BCUT2D eigenvalue weighted by Gasteiger charge is -2.28. The van der Waals surface area contributed by atoms with Gasteiger partial charge in [0.15, 0.2) is 11.9 Å². The number of nitrogens with one attached hydrogen (secondary N) is 9. The topological polar surface area (TPSA) is 446 Å². The van der Waals surface area contributed by atoms with Crippen molar-refractivity contribution in [2.75, 3.05) is 26.2 Å². The van der Waals surface area contributed by atoms with Gasteiger partial charge in [-0.25, -0.2) is 0 Å². The van der Waals surface area contributed by atoms with Gasteiger partial charge in [0.1, 0.15) is 42.3 Å². The number of hydrogen-bond donors (Lipinski definition) is 15. The van der Waals surface area contributed by atoms with E-state index in [0.717, 1.165) is 25.1 Å². The molecule has 1 aliphatic heterocycles. The van der Waals surface area contributed by atoms with Crippen molar-refractivity contribution in [3.63, 3.8) is 0 Å². The zero-order chi connectivity index (χ0) is 57.5. The van der Waals surface area contributed by atoms with Gasteiger partial charge in [0.05, 0.1) is 5.56 Å². The molecule has 1 saturated heterocycles. The van der Waals surface area contributed by atoms with Crippen molar-refractivity contribution in [3.8, 4) is 0 Å². The second-order valence-electron chi connectivity index (χ2n) is 18.5. The summed E-state index contributed by atoms with van der Waals surface area (Å²) in [5.74, 6) is -8.60. The Hall–Kier alpha value is -8.50. The maximum Gasteiger partial charge on any atom is 0.416 e.